The number of hydrogen-bond acceptors (Lipinski definition) is 20. The number of aliphatic carboxylic acids is 2. The van der Waals surface area contributed by atoms with Crippen molar-refractivity contribution in [2.45, 2.75) is 164 Å². The van der Waals surface area contributed by atoms with Gasteiger partial charge >= 0.3 is 11.9 Å². The van der Waals surface area contributed by atoms with Crippen molar-refractivity contribution in [3.63, 3.8) is 0 Å². The van der Waals surface area contributed by atoms with Gasteiger partial charge in [0.2, 0.25) is 76.8 Å². The van der Waals surface area contributed by atoms with Crippen molar-refractivity contribution in [2.75, 3.05) is 45.9 Å². The molecule has 2 fully saturated rings. The fourth-order valence-electron chi connectivity index (χ4n) is 10.2. The number of aliphatic hydroxyl groups is 1. The summed E-state index contributed by atoms with van der Waals surface area (Å²) in [6.07, 6.45) is -3.30. The number of rotatable bonds is 33. The van der Waals surface area contributed by atoms with Gasteiger partial charge in [0.15, 0.2) is 11.9 Å². The number of amides is 13. The van der Waals surface area contributed by atoms with Crippen LogP contribution in [0.1, 0.15) is 107 Å². The van der Waals surface area contributed by atoms with Crippen LogP contribution in [0.25, 0.3) is 0 Å². The van der Waals surface area contributed by atoms with E-state index in [1.165, 1.54) is 48.5 Å². The SMILES string of the molecule is NC(N)=NCCC[C@H]1NC(=O)C(CCCCNC(=O)C(CCC(=O)NCCCC[C@H]2NC(=O)[C@H](Cc3ccc(O)cc3)NC(=O)[C@@H](CC(=O)O)NC(=O)CNC(=O)[C@@H](CCCN=C(N)N)NC2=O)NC(=O)CCO)NC(=O)[C@H](Cc2ccc(O)cc2)NC(=O)[C@@H](CC(=O)O)NC(=O)CNC1=O. The van der Waals surface area contributed by atoms with E-state index in [-0.39, 0.29) is 139 Å². The number of nitrogens with two attached hydrogens (primary N) is 4. The van der Waals surface area contributed by atoms with E-state index in [2.05, 4.69) is 79.1 Å². The maximum atomic E-state index is 14.3. The third-order valence-corrected chi connectivity index (χ3v) is 15.5. The molecule has 0 aromatic heterocycles. The number of carbonyl (C=O) groups is 15. The molecule has 2 heterocycles. The first-order chi connectivity index (χ1) is 48.0. The summed E-state index contributed by atoms with van der Waals surface area (Å²) in [4.78, 5) is 209. The second kappa shape index (κ2) is 43.1. The number of nitrogens with one attached hydrogen (secondary N) is 13. The first-order valence-corrected chi connectivity index (χ1v) is 32.5. The quantitative estimate of drug-likeness (QED) is 0.0179. The number of guanidine groups is 2. The van der Waals surface area contributed by atoms with E-state index in [0.29, 0.717) is 11.1 Å². The van der Waals surface area contributed by atoms with Crippen molar-refractivity contribution in [1.82, 2.24) is 69.1 Å². The Morgan fingerprint density at radius 3 is 1.19 bits per heavy atom. The Morgan fingerprint density at radius 2 is 0.802 bits per heavy atom. The second-order valence-electron chi connectivity index (χ2n) is 23.6. The topological polar surface area (TPSA) is 642 Å². The van der Waals surface area contributed by atoms with Gasteiger partial charge in [0, 0.05) is 51.9 Å². The normalized spacial score (nSPS) is 20.8. The summed E-state index contributed by atoms with van der Waals surface area (Å²) in [5.74, 6) is -15.5. The van der Waals surface area contributed by atoms with Gasteiger partial charge in [0.25, 0.3) is 0 Å². The number of aliphatic imine (C=N–C) groups is 2. The molecule has 9 atom stereocenters. The van der Waals surface area contributed by atoms with Crippen LogP contribution in [0.4, 0.5) is 0 Å². The van der Waals surface area contributed by atoms with Crippen LogP contribution in [0.2, 0.25) is 0 Å². The molecule has 0 bridgehead atoms. The fourth-order valence-corrected chi connectivity index (χ4v) is 10.2. The zero-order valence-electron chi connectivity index (χ0n) is 55.3. The van der Waals surface area contributed by atoms with Crippen molar-refractivity contribution in [1.29, 1.82) is 0 Å². The monoisotopic (exact) mass is 1420 g/mol. The average molecular weight is 1420 g/mol. The summed E-state index contributed by atoms with van der Waals surface area (Å²) in [5, 5.41) is 80.8. The summed E-state index contributed by atoms with van der Waals surface area (Å²) < 4.78 is 0. The number of aromatic hydroxyl groups is 2. The predicted octanol–water partition coefficient (Wildman–Crippen LogP) is -7.70. The number of benzene rings is 2. The number of aliphatic hydroxyl groups excluding tert-OH is 1. The number of hydrogen-bond donors (Lipinski definition) is 22. The molecular formula is C62H91N19O20. The van der Waals surface area contributed by atoms with Gasteiger partial charge in [0.05, 0.1) is 32.5 Å². The molecule has 13 amide bonds. The smallest absolute Gasteiger partial charge is 0.305 e. The molecule has 2 aliphatic rings. The Labute approximate surface area is 578 Å². The van der Waals surface area contributed by atoms with Gasteiger partial charge in [-0.2, -0.15) is 0 Å². The summed E-state index contributed by atoms with van der Waals surface area (Å²) in [7, 11) is 0. The predicted molar refractivity (Wildman–Crippen MR) is 356 cm³/mol. The van der Waals surface area contributed by atoms with Crippen molar-refractivity contribution in [3.8, 4) is 11.5 Å². The molecule has 39 nitrogen and oxygen atoms in total. The highest BCUT2D eigenvalue weighted by molar-refractivity contribution is 6.00. The van der Waals surface area contributed by atoms with E-state index in [9.17, 15) is 97.5 Å². The van der Waals surface area contributed by atoms with Crippen molar-refractivity contribution in [2.24, 2.45) is 32.9 Å². The van der Waals surface area contributed by atoms with Gasteiger partial charge in [0.1, 0.15) is 65.9 Å². The molecule has 0 spiro atoms. The molecule has 2 unspecified atom stereocenters. The summed E-state index contributed by atoms with van der Waals surface area (Å²) >= 11 is 0. The van der Waals surface area contributed by atoms with E-state index in [1.807, 2.05) is 0 Å². The minimum absolute atomic E-state index is 0.0132. The van der Waals surface area contributed by atoms with Crippen molar-refractivity contribution >= 4 is 101 Å². The molecule has 2 aliphatic heterocycles. The molecule has 0 radical (unpaired) electrons. The van der Waals surface area contributed by atoms with Gasteiger partial charge in [-0.05, 0) is 106 Å². The van der Waals surface area contributed by atoms with Crippen LogP contribution in [0.15, 0.2) is 58.5 Å². The molecule has 0 saturated carbocycles. The molecule has 26 N–H and O–H groups in total. The highest BCUT2D eigenvalue weighted by Gasteiger charge is 2.36. The van der Waals surface area contributed by atoms with Crippen LogP contribution in [0, 0.1) is 0 Å². The molecule has 101 heavy (non-hydrogen) atoms. The zero-order chi connectivity index (χ0) is 74.6. The lowest BCUT2D eigenvalue weighted by atomic mass is 10.0. The van der Waals surface area contributed by atoms with Crippen LogP contribution in [-0.2, 0) is 84.8 Å². The molecule has 39 heteroatoms. The summed E-state index contributed by atoms with van der Waals surface area (Å²) in [6.45, 7) is -2.25. The zero-order valence-corrected chi connectivity index (χ0v) is 55.3. The van der Waals surface area contributed by atoms with E-state index in [0.717, 1.165) is 0 Å². The number of carbonyl (C=O) groups excluding carboxylic acids is 13. The number of carboxylic acid groups (broad SMARTS) is 2. The highest BCUT2D eigenvalue weighted by Crippen LogP contribution is 2.16. The largest absolute Gasteiger partial charge is 0.508 e. The van der Waals surface area contributed by atoms with Crippen LogP contribution in [0.3, 0.4) is 0 Å². The highest BCUT2D eigenvalue weighted by atomic mass is 16.4. The molecule has 4 rings (SSSR count). The van der Waals surface area contributed by atoms with Crippen LogP contribution >= 0.6 is 0 Å². The Bertz CT molecular complexity index is 3290. The van der Waals surface area contributed by atoms with Gasteiger partial charge in [-0.1, -0.05) is 24.3 Å². The number of phenolic OH excluding ortho intramolecular Hbond substituents is 2. The number of nitrogens with zero attached hydrogens (tertiary/aromatic N) is 2. The van der Waals surface area contributed by atoms with Crippen LogP contribution < -0.4 is 92.1 Å². The van der Waals surface area contributed by atoms with Gasteiger partial charge in [-0.3, -0.25) is 81.9 Å². The average Bonchev–Trinajstić information content (AvgIpc) is 1.74. The van der Waals surface area contributed by atoms with Crippen LogP contribution in [0.5, 0.6) is 11.5 Å². The third kappa shape index (κ3) is 31.8. The van der Waals surface area contributed by atoms with Crippen molar-refractivity contribution < 1.29 is 97.5 Å². The number of phenols is 2. The van der Waals surface area contributed by atoms with Gasteiger partial charge in [-0.15, -0.1) is 0 Å². The third-order valence-electron chi connectivity index (χ3n) is 15.5. The molecule has 0 aliphatic carbocycles. The first kappa shape index (κ1) is 82.0. The van der Waals surface area contributed by atoms with Crippen LogP contribution in [-0.4, -0.2) is 226 Å². The molecule has 554 valence electrons. The molecule has 2 aromatic carbocycles. The van der Waals surface area contributed by atoms with Gasteiger partial charge < -0.3 is 118 Å². The van der Waals surface area contributed by atoms with E-state index in [1.54, 1.807) is 0 Å². The summed E-state index contributed by atoms with van der Waals surface area (Å²) in [6, 6.07) is -2.52. The Morgan fingerprint density at radius 1 is 0.446 bits per heavy atom. The fraction of sp³-hybridized carbons (Fsp3) is 0.532. The number of carboxylic acids is 2. The van der Waals surface area contributed by atoms with E-state index < -0.39 is 182 Å². The lowest BCUT2D eigenvalue weighted by molar-refractivity contribution is -0.141. The minimum atomic E-state index is -1.75. The lowest BCUT2D eigenvalue weighted by Gasteiger charge is -2.26. The second-order valence-corrected chi connectivity index (χ2v) is 23.6. The lowest BCUT2D eigenvalue weighted by Crippen LogP contribution is -2.58. The summed E-state index contributed by atoms with van der Waals surface area (Å²) in [5.41, 5.74) is 22.6. The molecule has 2 aromatic rings. The molecule has 2 saturated heterocycles. The maximum Gasteiger partial charge on any atom is 0.305 e. The van der Waals surface area contributed by atoms with Gasteiger partial charge in [-0.25, -0.2) is 0 Å². The minimum Gasteiger partial charge on any atom is -0.508 e. The molecular weight excluding hydrogens is 1330 g/mol. The Kier molecular flexibility index (Phi) is 35.0. The maximum absolute atomic E-state index is 14.3. The van der Waals surface area contributed by atoms with Crippen molar-refractivity contribution in [3.05, 3.63) is 59.7 Å². The first-order valence-electron chi connectivity index (χ1n) is 32.5. The van der Waals surface area contributed by atoms with E-state index in [4.69, 9.17) is 22.9 Å². The number of unbranched alkanes of at least 4 members (excludes halogenated alkanes) is 2. The Hall–Kier alpha value is -11.4. The Balaban J connectivity index is 1.48. The van der Waals surface area contributed by atoms with E-state index >= 15 is 0 Å². The standard InChI is InChI=1S/C62H91N19O20/c63-61(64)69-24-5-9-37-53(94)71-31-48(87)74-44(29-50(89)90)59(100)80-42(27-33-11-15-35(83)16-12-33)57(98)78-39(55(96)76-37)7-1-3-22-67-46(85)20-19-41(73-47(86)21-26-82)52(93)68-23-4-2-8-40-56(97)77-38(10-6-25-70-62(65)66)54(95)72-32-49(88)75-45(30-51(91)92)60(101)81-43(58(99)79-40)28-34-13-17-36(84)18-14-34/h11-18,37-45,82-84H,1-10,19-32H2,(H,67,85)(H,68,93)(H,71,94)(H,72,95)(H,73,86)(H,74,87)(H,75,88)(H,76,96)(H,77,97)(H,78,98)(H,79,99)(H,80,100)(H,81,101)(H,89,90)(H,91,92)(H4,63,64,69)(H4,65,66,70)/t37-,38-,39-,40?,41?,42+,43+,44-,45-/m1/s1.